The molecule has 234 valence electrons. The van der Waals surface area contributed by atoms with E-state index in [-0.39, 0.29) is 43.2 Å². The van der Waals surface area contributed by atoms with Gasteiger partial charge in [0.15, 0.2) is 5.75 Å². The molecule has 42 heavy (non-hydrogen) atoms. The highest BCUT2D eigenvalue weighted by atomic mass is 16.5. The number of rotatable bonds is 18. The van der Waals surface area contributed by atoms with Crippen LogP contribution in [0, 0.1) is 29.1 Å². The topological polar surface area (TPSA) is 120 Å². The molecule has 9 nitrogen and oxygen atoms in total. The predicted molar refractivity (Wildman–Crippen MR) is 164 cm³/mol. The fraction of sp³-hybridized carbons (Fsp3) is 0.636. The molecule has 0 saturated carbocycles. The molecule has 1 aromatic carbocycles. The molecule has 0 saturated heterocycles. The minimum Gasteiger partial charge on any atom is -0.424 e. The first kappa shape index (κ1) is 36.8. The van der Waals surface area contributed by atoms with Crippen LogP contribution in [0.5, 0.6) is 5.75 Å². The van der Waals surface area contributed by atoms with E-state index in [1.807, 2.05) is 19.1 Å². The number of hydrogen-bond donors (Lipinski definition) is 2. The fourth-order valence-electron chi connectivity index (χ4n) is 4.02. The number of anilines is 1. The van der Waals surface area contributed by atoms with Crippen LogP contribution < -0.4 is 15.4 Å². The summed E-state index contributed by atoms with van der Waals surface area (Å²) in [6, 6.07) is 5.51. The van der Waals surface area contributed by atoms with Crippen molar-refractivity contribution in [2.75, 3.05) is 38.3 Å². The van der Waals surface area contributed by atoms with E-state index >= 15 is 0 Å². The normalized spacial score (nSPS) is 12.5. The van der Waals surface area contributed by atoms with E-state index in [0.29, 0.717) is 49.5 Å². The van der Waals surface area contributed by atoms with Gasteiger partial charge in [0.25, 0.3) is 5.91 Å². The molecule has 0 aliphatic rings. The summed E-state index contributed by atoms with van der Waals surface area (Å²) in [6.07, 6.45) is 3.50. The lowest BCUT2D eigenvalue weighted by Gasteiger charge is -2.29. The third-order valence-corrected chi connectivity index (χ3v) is 6.75. The maximum Gasteiger partial charge on any atom is 0.308 e. The van der Waals surface area contributed by atoms with Crippen LogP contribution in [0.15, 0.2) is 18.2 Å². The van der Waals surface area contributed by atoms with Crippen molar-refractivity contribution < 1.29 is 33.4 Å². The van der Waals surface area contributed by atoms with Gasteiger partial charge >= 0.3 is 5.97 Å². The second-order valence-corrected chi connectivity index (χ2v) is 11.8. The lowest BCUT2D eigenvalue weighted by Crippen LogP contribution is -2.26. The van der Waals surface area contributed by atoms with Gasteiger partial charge in [0.2, 0.25) is 11.7 Å². The number of ether oxygens (including phenoxy) is 3. The van der Waals surface area contributed by atoms with Gasteiger partial charge in [0.05, 0.1) is 25.3 Å². The molecule has 0 spiro atoms. The van der Waals surface area contributed by atoms with Gasteiger partial charge in [-0.25, -0.2) is 0 Å². The molecule has 0 aliphatic carbocycles. The average molecular weight is 587 g/mol. The SMILES string of the molecule is CCCOCCNC(=O)C#CC(=O)CCCOCCC(=O)Nc1cc(C[C@H](C)CC(C)C(C)(C)C)ccc1OC(C)=O. The van der Waals surface area contributed by atoms with Crippen LogP contribution in [0.4, 0.5) is 5.69 Å². The second kappa shape index (κ2) is 19.8. The lowest BCUT2D eigenvalue weighted by molar-refractivity contribution is -0.132. The number of Topliss-reactive ketones (excluding diaryl/α,β-unsaturated/α-hetero) is 1. The average Bonchev–Trinajstić information content (AvgIpc) is 2.90. The Labute approximate surface area is 251 Å². The lowest BCUT2D eigenvalue weighted by atomic mass is 9.76. The van der Waals surface area contributed by atoms with Gasteiger partial charge in [-0.1, -0.05) is 47.6 Å². The van der Waals surface area contributed by atoms with Crippen molar-refractivity contribution in [1.29, 1.82) is 0 Å². The minimum atomic E-state index is -0.516. The first-order valence-corrected chi connectivity index (χ1v) is 14.9. The van der Waals surface area contributed by atoms with E-state index in [4.69, 9.17) is 14.2 Å². The van der Waals surface area contributed by atoms with Crippen LogP contribution in [0.1, 0.15) is 86.1 Å². The third kappa shape index (κ3) is 16.9. The third-order valence-electron chi connectivity index (χ3n) is 6.75. The first-order valence-electron chi connectivity index (χ1n) is 14.9. The van der Waals surface area contributed by atoms with Crippen LogP contribution in [-0.4, -0.2) is 56.5 Å². The van der Waals surface area contributed by atoms with E-state index < -0.39 is 11.9 Å². The van der Waals surface area contributed by atoms with Gasteiger partial charge in [0, 0.05) is 39.0 Å². The smallest absolute Gasteiger partial charge is 0.308 e. The van der Waals surface area contributed by atoms with Crippen molar-refractivity contribution in [1.82, 2.24) is 5.32 Å². The van der Waals surface area contributed by atoms with Crippen LogP contribution >= 0.6 is 0 Å². The Bertz CT molecular complexity index is 1080. The quantitative estimate of drug-likeness (QED) is 0.0807. The van der Waals surface area contributed by atoms with Crippen molar-refractivity contribution >= 4 is 29.3 Å². The van der Waals surface area contributed by atoms with Gasteiger partial charge in [-0.3, -0.25) is 19.2 Å². The highest BCUT2D eigenvalue weighted by molar-refractivity contribution is 6.03. The minimum absolute atomic E-state index is 0.0964. The van der Waals surface area contributed by atoms with Crippen molar-refractivity contribution in [2.45, 2.75) is 87.0 Å². The standard InChI is InChI=1S/C33H50N2O7/c1-8-17-40-20-16-34-31(38)14-12-28(37)10-9-18-41-19-15-32(39)35-29-23-27(11-13-30(29)42-26(4)36)22-24(2)21-25(3)33(5,6)7/h11,13,23-25H,8-10,15-22H2,1-7H3,(H,34,38)(H,35,39)/t24-,25?/m1/s1. The number of benzene rings is 1. The van der Waals surface area contributed by atoms with Crippen LogP contribution in [-0.2, 0) is 35.1 Å². The Morgan fingerprint density at radius 3 is 2.33 bits per heavy atom. The molecule has 0 radical (unpaired) electrons. The van der Waals surface area contributed by atoms with Crippen LogP contribution in [0.2, 0.25) is 0 Å². The van der Waals surface area contributed by atoms with E-state index in [9.17, 15) is 19.2 Å². The van der Waals surface area contributed by atoms with E-state index in [1.165, 1.54) is 6.92 Å². The Kier molecular flexibility index (Phi) is 17.4. The summed E-state index contributed by atoms with van der Waals surface area (Å²) >= 11 is 0. The molecule has 2 N–H and O–H groups in total. The molecule has 1 rings (SSSR count). The molecular weight excluding hydrogens is 536 g/mol. The monoisotopic (exact) mass is 586 g/mol. The summed E-state index contributed by atoms with van der Waals surface area (Å²) in [4.78, 5) is 47.7. The number of carbonyl (C=O) groups excluding carboxylic acids is 4. The number of ketones is 1. The highest BCUT2D eigenvalue weighted by Crippen LogP contribution is 2.33. The Balaban J connectivity index is 2.48. The van der Waals surface area contributed by atoms with Crippen LogP contribution in [0.3, 0.4) is 0 Å². The second-order valence-electron chi connectivity index (χ2n) is 11.8. The zero-order valence-corrected chi connectivity index (χ0v) is 26.5. The molecule has 9 heteroatoms. The molecule has 2 amide bonds. The van der Waals surface area contributed by atoms with Crippen molar-refractivity contribution in [3.63, 3.8) is 0 Å². The molecule has 2 atom stereocenters. The van der Waals surface area contributed by atoms with E-state index in [0.717, 1.165) is 24.8 Å². The van der Waals surface area contributed by atoms with Gasteiger partial charge in [0.1, 0.15) is 0 Å². The number of carbonyl (C=O) groups is 4. The number of nitrogens with one attached hydrogen (secondary N) is 2. The number of esters is 1. The summed E-state index contributed by atoms with van der Waals surface area (Å²) in [5.41, 5.74) is 1.74. The van der Waals surface area contributed by atoms with Crippen molar-refractivity contribution in [3.8, 4) is 17.6 Å². The predicted octanol–water partition coefficient (Wildman–Crippen LogP) is 5.10. The largest absolute Gasteiger partial charge is 0.424 e. The van der Waals surface area contributed by atoms with Gasteiger partial charge in [-0.05, 0) is 66.6 Å². The summed E-state index contributed by atoms with van der Waals surface area (Å²) < 4.78 is 16.1. The molecule has 0 aliphatic heterocycles. The van der Waals surface area contributed by atoms with Gasteiger partial charge in [-0.2, -0.15) is 0 Å². The van der Waals surface area contributed by atoms with Gasteiger partial charge < -0.3 is 24.8 Å². The van der Waals surface area contributed by atoms with Crippen molar-refractivity contribution in [3.05, 3.63) is 23.8 Å². The maximum atomic E-state index is 12.6. The molecule has 0 heterocycles. The Morgan fingerprint density at radius 1 is 0.952 bits per heavy atom. The molecule has 0 aromatic heterocycles. The molecule has 1 aromatic rings. The van der Waals surface area contributed by atoms with E-state index in [2.05, 4.69) is 57.1 Å². The number of hydrogen-bond acceptors (Lipinski definition) is 7. The summed E-state index contributed by atoms with van der Waals surface area (Å²) in [7, 11) is 0. The highest BCUT2D eigenvalue weighted by Gasteiger charge is 2.22. The van der Waals surface area contributed by atoms with Crippen LogP contribution in [0.25, 0.3) is 0 Å². The molecule has 0 bridgehead atoms. The summed E-state index contributed by atoms with van der Waals surface area (Å²) in [5, 5.41) is 5.41. The number of amides is 2. The van der Waals surface area contributed by atoms with Crippen molar-refractivity contribution in [2.24, 2.45) is 17.3 Å². The zero-order valence-electron chi connectivity index (χ0n) is 26.5. The molecule has 1 unspecified atom stereocenters. The Morgan fingerprint density at radius 2 is 1.67 bits per heavy atom. The fourth-order valence-corrected chi connectivity index (χ4v) is 4.02. The Hall–Kier alpha value is -3.22. The maximum absolute atomic E-state index is 12.6. The summed E-state index contributed by atoms with van der Waals surface area (Å²) in [5.74, 6) is 4.30. The molecule has 0 fully saturated rings. The summed E-state index contributed by atoms with van der Waals surface area (Å²) in [6.45, 7) is 16.4. The molecular formula is C33H50N2O7. The van der Waals surface area contributed by atoms with Gasteiger partial charge in [-0.15, -0.1) is 0 Å². The first-order chi connectivity index (χ1) is 19.8. The van der Waals surface area contributed by atoms with E-state index in [1.54, 1.807) is 6.07 Å². The zero-order chi connectivity index (χ0) is 31.5.